The van der Waals surface area contributed by atoms with Crippen molar-refractivity contribution in [3.63, 3.8) is 0 Å². The van der Waals surface area contributed by atoms with Crippen molar-refractivity contribution in [2.45, 2.75) is 57.9 Å². The van der Waals surface area contributed by atoms with Gasteiger partial charge in [-0.3, -0.25) is 4.98 Å². The molecule has 0 saturated carbocycles. The molecular weight excluding hydrogens is 292 g/mol. The van der Waals surface area contributed by atoms with Crippen LogP contribution >= 0.6 is 0 Å². The van der Waals surface area contributed by atoms with Crippen molar-refractivity contribution in [2.75, 3.05) is 6.54 Å². The van der Waals surface area contributed by atoms with E-state index in [9.17, 15) is 0 Å². The summed E-state index contributed by atoms with van der Waals surface area (Å²) in [5.74, 6) is 0.396. The van der Waals surface area contributed by atoms with E-state index in [1.807, 2.05) is 12.3 Å². The van der Waals surface area contributed by atoms with Crippen LogP contribution in [0.1, 0.15) is 63.1 Å². The maximum absolute atomic E-state index is 4.63. The molecule has 0 spiro atoms. The van der Waals surface area contributed by atoms with Gasteiger partial charge in [0, 0.05) is 44.0 Å². The molecular formula is C22H29N2+. The Labute approximate surface area is 146 Å². The third-order valence-electron chi connectivity index (χ3n) is 5.32. The van der Waals surface area contributed by atoms with Crippen LogP contribution in [-0.2, 0) is 0 Å². The number of rotatable bonds is 6. The fourth-order valence-corrected chi connectivity index (χ4v) is 3.96. The van der Waals surface area contributed by atoms with Gasteiger partial charge in [-0.2, -0.15) is 0 Å². The molecule has 24 heavy (non-hydrogen) atoms. The summed E-state index contributed by atoms with van der Waals surface area (Å²) in [6.45, 7) is 5.85. The van der Waals surface area contributed by atoms with Gasteiger partial charge in [-0.1, -0.05) is 36.4 Å². The highest BCUT2D eigenvalue weighted by Gasteiger charge is 2.24. The quantitative estimate of drug-likeness (QED) is 0.681. The van der Waals surface area contributed by atoms with Gasteiger partial charge in [0.15, 0.2) is 0 Å². The normalized spacial score (nSPS) is 19.3. The summed E-state index contributed by atoms with van der Waals surface area (Å²) in [5.41, 5.74) is 4.14. The molecule has 0 N–H and O–H groups in total. The standard InChI is InChI=1S/C22H29N2/c1-18-10-8-11-19(2)24(18)17-9-14-21(20-12-4-3-5-13-20)22-15-6-7-16-23-22/h3-7,12-13,15-16,18,21H,8-11,14,17H2,1-2H3/q+1/t18-,21-/m0/s1. The summed E-state index contributed by atoms with van der Waals surface area (Å²) in [6, 6.07) is 17.8. The zero-order valence-corrected chi connectivity index (χ0v) is 15.0. The topological polar surface area (TPSA) is 15.9 Å². The van der Waals surface area contributed by atoms with E-state index in [1.54, 1.807) is 5.71 Å². The third-order valence-corrected chi connectivity index (χ3v) is 5.32. The fourth-order valence-electron chi connectivity index (χ4n) is 3.96. The second-order valence-corrected chi connectivity index (χ2v) is 7.03. The van der Waals surface area contributed by atoms with Crippen LogP contribution in [0.25, 0.3) is 0 Å². The lowest BCUT2D eigenvalue weighted by atomic mass is 9.90. The first-order chi connectivity index (χ1) is 11.8. The van der Waals surface area contributed by atoms with Gasteiger partial charge in [0.2, 0.25) is 0 Å². The van der Waals surface area contributed by atoms with Crippen molar-refractivity contribution >= 4 is 5.71 Å². The average molecular weight is 321 g/mol. The van der Waals surface area contributed by atoms with Gasteiger partial charge in [0.05, 0.1) is 0 Å². The summed E-state index contributed by atoms with van der Waals surface area (Å²) >= 11 is 0. The first-order valence-electron chi connectivity index (χ1n) is 9.30. The fraction of sp³-hybridized carbons (Fsp3) is 0.455. The SMILES string of the molecule is CC1=[N+](CCC[C@@H](c2ccccc2)c2ccccn2)[C@@H](C)CCC1. The number of hydrogen-bond donors (Lipinski definition) is 0. The van der Waals surface area contributed by atoms with Crippen molar-refractivity contribution in [2.24, 2.45) is 0 Å². The highest BCUT2D eigenvalue weighted by molar-refractivity contribution is 5.77. The Morgan fingerprint density at radius 1 is 1.12 bits per heavy atom. The number of hydrogen-bond acceptors (Lipinski definition) is 1. The summed E-state index contributed by atoms with van der Waals surface area (Å²) in [6.07, 6.45) is 8.22. The zero-order chi connectivity index (χ0) is 16.8. The lowest BCUT2D eigenvalue weighted by Gasteiger charge is -2.21. The van der Waals surface area contributed by atoms with Crippen LogP contribution < -0.4 is 0 Å². The summed E-state index contributed by atoms with van der Waals surface area (Å²) in [5, 5.41) is 0. The molecule has 0 unspecified atom stereocenters. The minimum absolute atomic E-state index is 0.396. The van der Waals surface area contributed by atoms with Crippen LogP contribution in [-0.4, -0.2) is 27.9 Å². The molecule has 0 radical (unpaired) electrons. The van der Waals surface area contributed by atoms with Gasteiger partial charge in [-0.25, -0.2) is 4.58 Å². The van der Waals surface area contributed by atoms with Crippen LogP contribution in [0.5, 0.6) is 0 Å². The zero-order valence-electron chi connectivity index (χ0n) is 15.0. The van der Waals surface area contributed by atoms with Crippen LogP contribution in [0.4, 0.5) is 0 Å². The molecule has 0 fully saturated rings. The highest BCUT2D eigenvalue weighted by atomic mass is 15.0. The maximum Gasteiger partial charge on any atom is 0.149 e. The molecule has 2 heterocycles. The molecule has 126 valence electrons. The molecule has 1 aliphatic heterocycles. The number of aromatic nitrogens is 1. The summed E-state index contributed by atoms with van der Waals surface area (Å²) in [7, 11) is 0. The minimum Gasteiger partial charge on any atom is -0.261 e. The predicted molar refractivity (Wildman–Crippen MR) is 101 cm³/mol. The van der Waals surface area contributed by atoms with Gasteiger partial charge in [0.25, 0.3) is 0 Å². The minimum atomic E-state index is 0.396. The van der Waals surface area contributed by atoms with Gasteiger partial charge in [0.1, 0.15) is 18.3 Å². The monoisotopic (exact) mass is 321 g/mol. The molecule has 0 amide bonds. The maximum atomic E-state index is 4.63. The third kappa shape index (κ3) is 4.11. The molecule has 3 rings (SSSR count). The van der Waals surface area contributed by atoms with Crippen LogP contribution in [0.3, 0.4) is 0 Å². The molecule has 1 aliphatic rings. The Balaban J connectivity index is 1.71. The van der Waals surface area contributed by atoms with Crippen molar-refractivity contribution in [1.82, 2.24) is 4.98 Å². The smallest absolute Gasteiger partial charge is 0.149 e. The van der Waals surface area contributed by atoms with Crippen LogP contribution in [0.2, 0.25) is 0 Å². The number of pyridine rings is 1. The van der Waals surface area contributed by atoms with Gasteiger partial charge in [-0.15, -0.1) is 0 Å². The molecule has 2 heteroatoms. The van der Waals surface area contributed by atoms with E-state index in [0.29, 0.717) is 12.0 Å². The van der Waals surface area contributed by atoms with E-state index in [1.165, 1.54) is 43.5 Å². The summed E-state index contributed by atoms with van der Waals surface area (Å²) < 4.78 is 2.63. The average Bonchev–Trinajstić information content (AvgIpc) is 2.62. The highest BCUT2D eigenvalue weighted by Crippen LogP contribution is 2.28. The largest absolute Gasteiger partial charge is 0.261 e. The number of nitrogens with zero attached hydrogens (tertiary/aromatic N) is 2. The second-order valence-electron chi connectivity index (χ2n) is 7.03. The number of benzene rings is 1. The molecule has 0 bridgehead atoms. The molecule has 1 aromatic heterocycles. The van der Waals surface area contributed by atoms with Crippen LogP contribution in [0, 0.1) is 0 Å². The Hall–Kier alpha value is -1.96. The van der Waals surface area contributed by atoms with Crippen molar-refractivity contribution in [3.05, 3.63) is 66.0 Å². The second kappa shape index (κ2) is 8.23. The molecule has 1 aromatic carbocycles. The Morgan fingerprint density at radius 3 is 2.62 bits per heavy atom. The van der Waals surface area contributed by atoms with Gasteiger partial charge >= 0.3 is 0 Å². The van der Waals surface area contributed by atoms with Crippen molar-refractivity contribution in [1.29, 1.82) is 0 Å². The van der Waals surface area contributed by atoms with Crippen molar-refractivity contribution < 1.29 is 4.58 Å². The molecule has 0 saturated heterocycles. The Kier molecular flexibility index (Phi) is 5.79. The van der Waals surface area contributed by atoms with Crippen molar-refractivity contribution in [3.8, 4) is 0 Å². The van der Waals surface area contributed by atoms with E-state index in [2.05, 4.69) is 65.9 Å². The lowest BCUT2D eigenvalue weighted by Crippen LogP contribution is -2.33. The van der Waals surface area contributed by atoms with E-state index in [0.717, 1.165) is 6.42 Å². The summed E-state index contributed by atoms with van der Waals surface area (Å²) in [4.78, 5) is 4.63. The van der Waals surface area contributed by atoms with E-state index in [4.69, 9.17) is 0 Å². The van der Waals surface area contributed by atoms with E-state index < -0.39 is 0 Å². The van der Waals surface area contributed by atoms with E-state index in [-0.39, 0.29) is 0 Å². The van der Waals surface area contributed by atoms with Gasteiger partial charge < -0.3 is 0 Å². The lowest BCUT2D eigenvalue weighted by molar-refractivity contribution is -0.569. The van der Waals surface area contributed by atoms with Crippen LogP contribution in [0.15, 0.2) is 54.7 Å². The molecule has 2 aromatic rings. The molecule has 2 atom stereocenters. The Morgan fingerprint density at radius 2 is 1.92 bits per heavy atom. The predicted octanol–water partition coefficient (Wildman–Crippen LogP) is 5.04. The Bertz CT molecular complexity index is 621. The first kappa shape index (κ1) is 16.9. The molecule has 2 nitrogen and oxygen atoms in total. The van der Waals surface area contributed by atoms with E-state index >= 15 is 0 Å². The molecule has 0 aliphatic carbocycles. The van der Waals surface area contributed by atoms with Gasteiger partial charge in [-0.05, 0) is 37.5 Å². The first-order valence-corrected chi connectivity index (χ1v) is 9.30.